The Hall–Kier alpha value is -4.21. The molecule has 0 saturated heterocycles. The first-order chi connectivity index (χ1) is 20.1. The molecule has 3 aliphatic rings. The molecule has 3 amide bonds. The molecule has 2 aromatic heterocycles. The zero-order chi connectivity index (χ0) is 29.6. The summed E-state index contributed by atoms with van der Waals surface area (Å²) < 4.78 is 1.86. The van der Waals surface area contributed by atoms with E-state index in [1.165, 1.54) is 12.8 Å². The van der Waals surface area contributed by atoms with Crippen LogP contribution in [0.2, 0.25) is 0 Å². The fraction of sp³-hybridized carbons (Fsp3) is 0.469. The van der Waals surface area contributed by atoms with Gasteiger partial charge in [-0.25, -0.2) is 4.68 Å². The minimum Gasteiger partial charge on any atom is -0.382 e. The van der Waals surface area contributed by atoms with E-state index in [4.69, 9.17) is 10.8 Å². The largest absolute Gasteiger partial charge is 0.382 e. The van der Waals surface area contributed by atoms with Gasteiger partial charge in [0.15, 0.2) is 0 Å². The Morgan fingerprint density at radius 1 is 1.07 bits per heavy atom. The molecule has 2 aliphatic carbocycles. The van der Waals surface area contributed by atoms with Crippen molar-refractivity contribution in [2.24, 2.45) is 11.7 Å². The van der Waals surface area contributed by atoms with Crippen molar-refractivity contribution in [1.82, 2.24) is 25.0 Å². The van der Waals surface area contributed by atoms with Crippen LogP contribution in [0.15, 0.2) is 42.7 Å². The zero-order valence-electron chi connectivity index (χ0n) is 24.5. The van der Waals surface area contributed by atoms with Crippen LogP contribution in [0.1, 0.15) is 94.8 Å². The quantitative estimate of drug-likeness (QED) is 0.375. The number of nitrogens with two attached hydrogens (primary N) is 1. The average molecular weight is 570 g/mol. The van der Waals surface area contributed by atoms with E-state index in [0.29, 0.717) is 40.4 Å². The zero-order valence-corrected chi connectivity index (χ0v) is 24.5. The van der Waals surface area contributed by atoms with Crippen LogP contribution in [0.5, 0.6) is 0 Å². The van der Waals surface area contributed by atoms with Crippen molar-refractivity contribution in [1.29, 1.82) is 0 Å². The number of carbonyl (C=O) groups is 3. The number of nitrogens with one attached hydrogen (secondary N) is 2. The van der Waals surface area contributed by atoms with Crippen LogP contribution in [0.25, 0.3) is 5.69 Å². The second-order valence-corrected chi connectivity index (χ2v) is 12.7. The normalized spacial score (nSPS) is 21.5. The first-order valence-corrected chi connectivity index (χ1v) is 14.9. The Morgan fingerprint density at radius 2 is 1.81 bits per heavy atom. The molecular weight excluding hydrogens is 530 g/mol. The Bertz CT molecular complexity index is 1520. The van der Waals surface area contributed by atoms with E-state index in [1.54, 1.807) is 30.6 Å². The molecule has 3 aromatic rings. The van der Waals surface area contributed by atoms with Crippen molar-refractivity contribution in [2.75, 3.05) is 11.9 Å². The van der Waals surface area contributed by atoms with Gasteiger partial charge in [0, 0.05) is 48.7 Å². The van der Waals surface area contributed by atoms with Crippen LogP contribution in [-0.4, -0.2) is 61.6 Å². The van der Waals surface area contributed by atoms with E-state index in [-0.39, 0.29) is 29.4 Å². The molecule has 0 bridgehead atoms. The number of pyridine rings is 1. The lowest BCUT2D eigenvalue weighted by Crippen LogP contribution is -2.53. The van der Waals surface area contributed by atoms with E-state index in [2.05, 4.69) is 29.5 Å². The number of primary amides is 1. The molecule has 4 N–H and O–H groups in total. The molecule has 2 saturated carbocycles. The van der Waals surface area contributed by atoms with Crippen LogP contribution in [-0.2, 0) is 6.42 Å². The molecular formula is C32H39N7O3. The van der Waals surface area contributed by atoms with Crippen LogP contribution in [0.4, 0.5) is 5.69 Å². The minimum absolute atomic E-state index is 0.0522. The van der Waals surface area contributed by atoms with Crippen molar-refractivity contribution in [2.45, 2.75) is 83.3 Å². The van der Waals surface area contributed by atoms with Crippen LogP contribution >= 0.6 is 0 Å². The summed E-state index contributed by atoms with van der Waals surface area (Å²) >= 11 is 0. The summed E-state index contributed by atoms with van der Waals surface area (Å²) in [6.45, 7) is 6.94. The summed E-state index contributed by atoms with van der Waals surface area (Å²) in [7, 11) is 0. The molecule has 1 aromatic carbocycles. The smallest absolute Gasteiger partial charge is 0.258 e. The number of hydrogen-bond acceptors (Lipinski definition) is 6. The monoisotopic (exact) mass is 569 g/mol. The highest BCUT2D eigenvalue weighted by molar-refractivity contribution is 6.00. The molecule has 2 fully saturated rings. The molecule has 10 nitrogen and oxygen atoms in total. The molecule has 42 heavy (non-hydrogen) atoms. The molecule has 0 radical (unpaired) electrons. The number of aromatic nitrogens is 3. The molecule has 6 rings (SSSR count). The second-order valence-electron chi connectivity index (χ2n) is 12.7. The number of hydrogen-bond donors (Lipinski definition) is 3. The predicted octanol–water partition coefficient (Wildman–Crippen LogP) is 4.01. The molecule has 0 spiro atoms. The van der Waals surface area contributed by atoms with E-state index in [9.17, 15) is 14.4 Å². The fourth-order valence-electron chi connectivity index (χ4n) is 6.40. The number of nitrogens with zero attached hydrogens (tertiary/aromatic N) is 4. The van der Waals surface area contributed by atoms with Crippen molar-refractivity contribution >= 4 is 23.4 Å². The van der Waals surface area contributed by atoms with Gasteiger partial charge in [-0.2, -0.15) is 5.10 Å². The highest BCUT2D eigenvalue weighted by atomic mass is 16.2. The Morgan fingerprint density at radius 3 is 2.48 bits per heavy atom. The van der Waals surface area contributed by atoms with Crippen molar-refractivity contribution in [3.8, 4) is 5.69 Å². The summed E-state index contributed by atoms with van der Waals surface area (Å²) in [6.07, 6.45) is 9.58. The number of rotatable bonds is 8. The molecule has 3 heterocycles. The van der Waals surface area contributed by atoms with Gasteiger partial charge >= 0.3 is 0 Å². The van der Waals surface area contributed by atoms with Gasteiger partial charge in [-0.05, 0) is 95.5 Å². The minimum atomic E-state index is -0.507. The highest BCUT2D eigenvalue weighted by Gasteiger charge is 2.43. The number of amides is 3. The maximum absolute atomic E-state index is 13.7. The highest BCUT2D eigenvalue weighted by Crippen LogP contribution is 2.38. The summed E-state index contributed by atoms with van der Waals surface area (Å²) in [6, 6.07) is 9.20. The van der Waals surface area contributed by atoms with E-state index in [0.717, 1.165) is 43.6 Å². The molecule has 0 atom stereocenters. The first kappa shape index (κ1) is 27.9. The van der Waals surface area contributed by atoms with E-state index < -0.39 is 5.91 Å². The maximum Gasteiger partial charge on any atom is 0.258 e. The van der Waals surface area contributed by atoms with Gasteiger partial charge in [0.25, 0.3) is 17.7 Å². The molecule has 220 valence electrons. The standard InChI is InChI=1S/C32H39N7O3/c1-19-28-27(16-32(2,3)38(31(28)42)18-20-6-7-20)39(37-19)24-12-13-25(29(33)40)26(15-24)35-22-8-10-23(11-9-22)36-30(41)21-5-4-14-34-17-21/h4-5,12-15,17,20,22-23,35H,6-11,16,18H2,1-3H3,(H2,33,40)(H,36,41). The predicted molar refractivity (Wildman–Crippen MR) is 160 cm³/mol. The molecule has 10 heteroatoms. The van der Waals surface area contributed by atoms with E-state index in [1.807, 2.05) is 28.6 Å². The van der Waals surface area contributed by atoms with Gasteiger partial charge in [0.1, 0.15) is 0 Å². The molecule has 1 aliphatic heterocycles. The topological polar surface area (TPSA) is 135 Å². The fourth-order valence-corrected chi connectivity index (χ4v) is 6.40. The number of fused-ring (bicyclic) bond motifs is 1. The van der Waals surface area contributed by atoms with Crippen LogP contribution in [0.3, 0.4) is 0 Å². The lowest BCUT2D eigenvalue weighted by Gasteiger charge is -2.42. The van der Waals surface area contributed by atoms with Crippen LogP contribution in [0, 0.1) is 12.8 Å². The van der Waals surface area contributed by atoms with Gasteiger partial charge in [0.2, 0.25) is 0 Å². The number of anilines is 1. The molecule has 0 unspecified atom stereocenters. The third-order valence-corrected chi connectivity index (χ3v) is 8.94. The van der Waals surface area contributed by atoms with Crippen molar-refractivity contribution in [3.63, 3.8) is 0 Å². The van der Waals surface area contributed by atoms with Gasteiger partial charge in [-0.1, -0.05) is 0 Å². The number of aryl methyl sites for hydroxylation is 1. The van der Waals surface area contributed by atoms with Gasteiger partial charge in [0.05, 0.1) is 33.8 Å². The Balaban J connectivity index is 1.20. The lowest BCUT2D eigenvalue weighted by molar-refractivity contribution is 0.0487. The third kappa shape index (κ3) is 5.49. The summed E-state index contributed by atoms with van der Waals surface area (Å²) in [5, 5.41) is 11.5. The third-order valence-electron chi connectivity index (χ3n) is 8.94. The van der Waals surface area contributed by atoms with Crippen molar-refractivity contribution < 1.29 is 14.4 Å². The maximum atomic E-state index is 13.7. The average Bonchev–Trinajstić information content (AvgIpc) is 3.73. The summed E-state index contributed by atoms with van der Waals surface area (Å²) in [5.41, 5.74) is 10.1. The van der Waals surface area contributed by atoms with Gasteiger partial charge in [-0.3, -0.25) is 19.4 Å². The van der Waals surface area contributed by atoms with Gasteiger partial charge in [-0.15, -0.1) is 0 Å². The Kier molecular flexibility index (Phi) is 7.24. The summed E-state index contributed by atoms with van der Waals surface area (Å²) in [5.74, 6) is 0.0366. The second kappa shape index (κ2) is 10.9. The number of carbonyl (C=O) groups excluding carboxylic acids is 3. The SMILES string of the molecule is Cc1nn(-c2ccc(C(N)=O)c(NC3CCC(NC(=O)c4cccnc4)CC3)c2)c2c1C(=O)N(CC1CC1)C(C)(C)C2. The Labute approximate surface area is 246 Å². The van der Waals surface area contributed by atoms with Crippen molar-refractivity contribution in [3.05, 3.63) is 70.8 Å². The summed E-state index contributed by atoms with van der Waals surface area (Å²) in [4.78, 5) is 44.7. The van der Waals surface area contributed by atoms with Crippen LogP contribution < -0.4 is 16.4 Å². The first-order valence-electron chi connectivity index (χ1n) is 14.9. The lowest BCUT2D eigenvalue weighted by atomic mass is 9.87. The number of benzene rings is 1. The van der Waals surface area contributed by atoms with Gasteiger partial charge < -0.3 is 21.3 Å². The van der Waals surface area contributed by atoms with E-state index >= 15 is 0 Å².